The lowest BCUT2D eigenvalue weighted by Crippen LogP contribution is -2.63. The van der Waals surface area contributed by atoms with E-state index < -0.39 is 28.6 Å². The van der Waals surface area contributed by atoms with Crippen LogP contribution < -0.4 is 0 Å². The Morgan fingerprint density at radius 3 is 2.19 bits per heavy atom. The quantitative estimate of drug-likeness (QED) is 0.836. The van der Waals surface area contributed by atoms with Gasteiger partial charge in [0.25, 0.3) is 0 Å². The molecule has 0 aliphatic carbocycles. The number of nitrogens with zero attached hydrogens (tertiary/aromatic N) is 3. The van der Waals surface area contributed by atoms with Crippen LogP contribution in [0.5, 0.6) is 0 Å². The zero-order chi connectivity index (χ0) is 16.1. The summed E-state index contributed by atoms with van der Waals surface area (Å²) in [6.45, 7) is 7.19. The lowest BCUT2D eigenvalue weighted by atomic mass is 9.52. The summed E-state index contributed by atoms with van der Waals surface area (Å²) in [5.41, 5.74) is -3.34. The Balaban J connectivity index is 2.83. The van der Waals surface area contributed by atoms with Crippen LogP contribution in [0.4, 0.5) is 0 Å². The third kappa shape index (κ3) is 1.45. The average molecular weight is 286 g/mol. The van der Waals surface area contributed by atoms with Crippen molar-refractivity contribution < 1.29 is 9.47 Å². The van der Waals surface area contributed by atoms with Crippen molar-refractivity contribution in [2.45, 2.75) is 46.0 Å². The SMILES string of the molecule is CCC1C2(C)OC(=N)C1(C#N)C(C#N)(C#N)C(C(C)C)O2. The molecule has 0 aromatic rings. The fourth-order valence-corrected chi connectivity index (χ4v) is 3.89. The molecule has 0 aromatic carbocycles. The van der Waals surface area contributed by atoms with Crippen LogP contribution in [0.25, 0.3) is 0 Å². The topological polar surface area (TPSA) is 114 Å². The van der Waals surface area contributed by atoms with Gasteiger partial charge in [-0.05, 0) is 12.3 Å². The van der Waals surface area contributed by atoms with E-state index >= 15 is 0 Å². The number of hydrogen-bond donors (Lipinski definition) is 1. The number of ether oxygens (including phenoxy) is 2. The molecule has 2 bridgehead atoms. The van der Waals surface area contributed by atoms with E-state index in [0.717, 1.165) is 0 Å². The van der Waals surface area contributed by atoms with Crippen molar-refractivity contribution in [2.75, 3.05) is 0 Å². The maximum absolute atomic E-state index is 9.82. The van der Waals surface area contributed by atoms with Crippen LogP contribution in [0.1, 0.15) is 34.1 Å². The van der Waals surface area contributed by atoms with Crippen LogP contribution in [-0.2, 0) is 9.47 Å². The molecule has 4 unspecified atom stereocenters. The summed E-state index contributed by atoms with van der Waals surface area (Å²) in [4.78, 5) is 0. The van der Waals surface area contributed by atoms with Crippen LogP contribution in [-0.4, -0.2) is 17.8 Å². The normalized spacial score (nSPS) is 40.0. The number of hydrogen-bond acceptors (Lipinski definition) is 6. The maximum atomic E-state index is 9.82. The van der Waals surface area contributed by atoms with Gasteiger partial charge in [-0.15, -0.1) is 0 Å². The van der Waals surface area contributed by atoms with Crippen molar-refractivity contribution in [2.24, 2.45) is 22.7 Å². The van der Waals surface area contributed by atoms with E-state index in [2.05, 4.69) is 6.07 Å². The molecule has 0 saturated carbocycles. The molecule has 2 rings (SSSR count). The number of fused-ring (bicyclic) bond motifs is 2. The second-order valence-corrected chi connectivity index (χ2v) is 6.14. The predicted octanol–water partition coefficient (Wildman–Crippen LogP) is 2.33. The third-order valence-corrected chi connectivity index (χ3v) is 4.77. The molecule has 2 heterocycles. The molecule has 2 saturated heterocycles. The highest BCUT2D eigenvalue weighted by Gasteiger charge is 2.78. The van der Waals surface area contributed by atoms with Gasteiger partial charge in [-0.3, -0.25) is 5.41 Å². The van der Waals surface area contributed by atoms with Crippen LogP contribution in [0.3, 0.4) is 0 Å². The van der Waals surface area contributed by atoms with E-state index in [4.69, 9.17) is 14.9 Å². The minimum atomic E-state index is -1.75. The molecule has 6 heteroatoms. The Morgan fingerprint density at radius 1 is 1.24 bits per heavy atom. The summed E-state index contributed by atoms with van der Waals surface area (Å²) < 4.78 is 11.5. The van der Waals surface area contributed by atoms with E-state index in [1.165, 1.54) is 0 Å². The lowest BCUT2D eigenvalue weighted by Gasteiger charge is -2.49. The molecule has 6 nitrogen and oxygen atoms in total. The Morgan fingerprint density at radius 2 is 1.81 bits per heavy atom. The van der Waals surface area contributed by atoms with E-state index in [-0.39, 0.29) is 11.8 Å². The summed E-state index contributed by atoms with van der Waals surface area (Å²) in [6, 6.07) is 6.09. The number of rotatable bonds is 2. The van der Waals surface area contributed by atoms with Gasteiger partial charge in [-0.1, -0.05) is 20.8 Å². The summed E-state index contributed by atoms with van der Waals surface area (Å²) in [5.74, 6) is -2.17. The van der Waals surface area contributed by atoms with Gasteiger partial charge in [-0.25, -0.2) is 0 Å². The van der Waals surface area contributed by atoms with Gasteiger partial charge < -0.3 is 9.47 Å². The van der Waals surface area contributed by atoms with Crippen LogP contribution in [0.2, 0.25) is 0 Å². The minimum absolute atomic E-state index is 0.163. The smallest absolute Gasteiger partial charge is 0.214 e. The Labute approximate surface area is 124 Å². The Kier molecular flexibility index (Phi) is 3.24. The van der Waals surface area contributed by atoms with Crippen molar-refractivity contribution in [1.82, 2.24) is 0 Å². The highest BCUT2D eigenvalue weighted by atomic mass is 16.7. The van der Waals surface area contributed by atoms with E-state index in [9.17, 15) is 15.8 Å². The van der Waals surface area contributed by atoms with Gasteiger partial charge in [0, 0.05) is 6.92 Å². The standard InChI is InChI=1S/C15H18N4O2/c1-5-10-13(4)20-11(9(2)3)14(6-16,7-17)15(10,8-18)12(19)21-13/h9-11,19H,5H2,1-4H3. The van der Waals surface area contributed by atoms with Crippen molar-refractivity contribution in [1.29, 1.82) is 21.2 Å². The van der Waals surface area contributed by atoms with Gasteiger partial charge >= 0.3 is 0 Å². The molecule has 110 valence electrons. The molecule has 2 aliphatic heterocycles. The van der Waals surface area contributed by atoms with Gasteiger partial charge in [0.15, 0.2) is 10.8 Å². The van der Waals surface area contributed by atoms with E-state index in [1.807, 2.05) is 32.9 Å². The molecular weight excluding hydrogens is 268 g/mol. The first-order valence-electron chi connectivity index (χ1n) is 6.99. The molecule has 2 aliphatic rings. The predicted molar refractivity (Wildman–Crippen MR) is 72.4 cm³/mol. The minimum Gasteiger partial charge on any atom is -0.448 e. The van der Waals surface area contributed by atoms with Crippen molar-refractivity contribution in [3.8, 4) is 18.2 Å². The molecule has 1 N–H and O–H groups in total. The highest BCUT2D eigenvalue weighted by molar-refractivity contribution is 5.89. The Bertz CT molecular complexity index is 595. The van der Waals surface area contributed by atoms with Crippen molar-refractivity contribution >= 4 is 5.90 Å². The molecule has 2 fully saturated rings. The first kappa shape index (κ1) is 15.3. The molecule has 0 radical (unpaired) electrons. The molecule has 4 atom stereocenters. The van der Waals surface area contributed by atoms with Gasteiger partial charge in [0.05, 0.1) is 30.2 Å². The zero-order valence-electron chi connectivity index (χ0n) is 12.6. The lowest BCUT2D eigenvalue weighted by molar-refractivity contribution is -0.279. The second kappa shape index (κ2) is 4.45. The molecule has 0 amide bonds. The van der Waals surface area contributed by atoms with Crippen LogP contribution in [0, 0.1) is 62.1 Å². The summed E-state index contributed by atoms with van der Waals surface area (Å²) in [7, 11) is 0. The fourth-order valence-electron chi connectivity index (χ4n) is 3.89. The monoisotopic (exact) mass is 286 g/mol. The third-order valence-electron chi connectivity index (χ3n) is 4.77. The summed E-state index contributed by atoms with van der Waals surface area (Å²) in [5, 5.41) is 37.4. The first-order valence-corrected chi connectivity index (χ1v) is 6.99. The molecular formula is C15H18N4O2. The van der Waals surface area contributed by atoms with E-state index in [1.54, 1.807) is 6.92 Å². The zero-order valence-corrected chi connectivity index (χ0v) is 12.6. The maximum Gasteiger partial charge on any atom is 0.214 e. The van der Waals surface area contributed by atoms with Crippen molar-refractivity contribution in [3.63, 3.8) is 0 Å². The number of nitrogens with one attached hydrogen (secondary N) is 1. The van der Waals surface area contributed by atoms with E-state index in [0.29, 0.717) is 6.42 Å². The van der Waals surface area contributed by atoms with Crippen LogP contribution in [0.15, 0.2) is 0 Å². The Hall–Kier alpha value is -2.10. The number of nitriles is 3. The van der Waals surface area contributed by atoms with Gasteiger partial charge in [-0.2, -0.15) is 15.8 Å². The van der Waals surface area contributed by atoms with Crippen LogP contribution >= 0.6 is 0 Å². The molecule has 21 heavy (non-hydrogen) atoms. The summed E-state index contributed by atoms with van der Waals surface area (Å²) in [6.07, 6.45) is -0.315. The first-order chi connectivity index (χ1) is 9.79. The summed E-state index contributed by atoms with van der Waals surface area (Å²) >= 11 is 0. The van der Waals surface area contributed by atoms with Gasteiger partial charge in [0.2, 0.25) is 11.7 Å². The molecule has 0 spiro atoms. The molecule has 0 aromatic heterocycles. The average Bonchev–Trinajstić information content (AvgIpc) is 2.62. The second-order valence-electron chi connectivity index (χ2n) is 6.14. The fraction of sp³-hybridized carbons (Fsp3) is 0.733. The largest absolute Gasteiger partial charge is 0.448 e. The highest BCUT2D eigenvalue weighted by Crippen LogP contribution is 2.64. The van der Waals surface area contributed by atoms with Crippen molar-refractivity contribution in [3.05, 3.63) is 0 Å². The van der Waals surface area contributed by atoms with Gasteiger partial charge in [0.1, 0.15) is 0 Å².